The summed E-state index contributed by atoms with van der Waals surface area (Å²) in [6.45, 7) is 4.31. The lowest BCUT2D eigenvalue weighted by molar-refractivity contribution is 0.633. The van der Waals surface area contributed by atoms with E-state index in [0.29, 0.717) is 0 Å². The van der Waals surface area contributed by atoms with E-state index in [1.165, 1.54) is 24.8 Å². The smallest absolute Gasteiger partial charge is 0.0447 e. The first kappa shape index (κ1) is 12.5. The minimum absolute atomic E-state index is 0.241. The predicted octanol–water partition coefficient (Wildman–Crippen LogP) is 4.12. The summed E-state index contributed by atoms with van der Waals surface area (Å²) in [6.07, 6.45) is 7.62. The van der Waals surface area contributed by atoms with Crippen molar-refractivity contribution in [2.24, 2.45) is 0 Å². The first-order chi connectivity index (χ1) is 7.24. The van der Waals surface area contributed by atoms with Crippen LogP contribution in [-0.2, 0) is 6.42 Å². The molecule has 0 N–H and O–H groups in total. The average molecular weight is 226 g/mol. The van der Waals surface area contributed by atoms with Crippen LogP contribution in [-0.4, -0.2) is 10.4 Å². The van der Waals surface area contributed by atoms with Crippen molar-refractivity contribution in [1.82, 2.24) is 4.98 Å². The third-order valence-electron chi connectivity index (χ3n) is 2.65. The molecule has 84 valence electrons. The van der Waals surface area contributed by atoms with Crippen molar-refractivity contribution in [3.8, 4) is 0 Å². The van der Waals surface area contributed by atoms with Crippen LogP contribution >= 0.6 is 11.6 Å². The van der Waals surface area contributed by atoms with Gasteiger partial charge in [-0.05, 0) is 25.0 Å². The Labute approximate surface area is 97.9 Å². The van der Waals surface area contributed by atoms with Crippen LogP contribution in [0.2, 0.25) is 0 Å². The molecule has 1 unspecified atom stereocenters. The van der Waals surface area contributed by atoms with Crippen molar-refractivity contribution < 1.29 is 0 Å². The van der Waals surface area contributed by atoms with E-state index in [-0.39, 0.29) is 5.38 Å². The molecule has 1 heterocycles. The molecule has 0 aliphatic carbocycles. The monoisotopic (exact) mass is 225 g/mol. The SMILES string of the molecule is CCCCCC(Cl)Cc1ncccc1C. The molecular weight excluding hydrogens is 206 g/mol. The molecule has 0 amide bonds. The minimum Gasteiger partial charge on any atom is -0.261 e. The maximum absolute atomic E-state index is 6.28. The van der Waals surface area contributed by atoms with E-state index in [1.54, 1.807) is 0 Å². The summed E-state index contributed by atoms with van der Waals surface area (Å²) in [6, 6.07) is 4.07. The summed E-state index contributed by atoms with van der Waals surface area (Å²) >= 11 is 6.28. The van der Waals surface area contributed by atoms with Crippen molar-refractivity contribution in [2.45, 2.75) is 51.3 Å². The number of aryl methyl sites for hydroxylation is 1. The quantitative estimate of drug-likeness (QED) is 0.524. The van der Waals surface area contributed by atoms with Gasteiger partial charge in [0.2, 0.25) is 0 Å². The van der Waals surface area contributed by atoms with Crippen molar-refractivity contribution >= 4 is 11.6 Å². The van der Waals surface area contributed by atoms with Crippen LogP contribution in [0.25, 0.3) is 0 Å². The molecule has 0 bridgehead atoms. The van der Waals surface area contributed by atoms with E-state index in [1.807, 2.05) is 12.3 Å². The van der Waals surface area contributed by atoms with Gasteiger partial charge >= 0.3 is 0 Å². The Morgan fingerprint density at radius 3 is 2.87 bits per heavy atom. The fourth-order valence-electron chi connectivity index (χ4n) is 1.66. The third kappa shape index (κ3) is 4.65. The standard InChI is InChI=1S/C13H20ClN/c1-3-4-5-8-12(14)10-13-11(2)7-6-9-15-13/h6-7,9,12H,3-5,8,10H2,1-2H3. The number of hydrogen-bond donors (Lipinski definition) is 0. The summed E-state index contributed by atoms with van der Waals surface area (Å²) in [5.74, 6) is 0. The molecule has 1 nitrogen and oxygen atoms in total. The molecule has 0 aliphatic rings. The van der Waals surface area contributed by atoms with E-state index >= 15 is 0 Å². The van der Waals surface area contributed by atoms with Crippen LogP contribution in [0, 0.1) is 6.92 Å². The highest BCUT2D eigenvalue weighted by Crippen LogP contribution is 2.15. The number of unbranched alkanes of at least 4 members (excludes halogenated alkanes) is 2. The predicted molar refractivity (Wildman–Crippen MR) is 66.5 cm³/mol. The number of hydrogen-bond acceptors (Lipinski definition) is 1. The van der Waals surface area contributed by atoms with Crippen LogP contribution in [0.5, 0.6) is 0 Å². The van der Waals surface area contributed by atoms with Crippen molar-refractivity contribution in [3.05, 3.63) is 29.6 Å². The summed E-state index contributed by atoms with van der Waals surface area (Å²) in [5, 5.41) is 0.241. The van der Waals surface area contributed by atoms with Crippen molar-refractivity contribution in [3.63, 3.8) is 0 Å². The highest BCUT2D eigenvalue weighted by atomic mass is 35.5. The Balaban J connectivity index is 2.37. The summed E-state index contributed by atoms with van der Waals surface area (Å²) in [4.78, 5) is 4.36. The number of aromatic nitrogens is 1. The van der Waals surface area contributed by atoms with E-state index in [0.717, 1.165) is 18.5 Å². The Bertz CT molecular complexity index is 286. The molecule has 1 atom stereocenters. The maximum Gasteiger partial charge on any atom is 0.0447 e. The van der Waals surface area contributed by atoms with Crippen molar-refractivity contribution in [2.75, 3.05) is 0 Å². The zero-order valence-electron chi connectivity index (χ0n) is 9.67. The molecule has 0 radical (unpaired) electrons. The Morgan fingerprint density at radius 2 is 2.20 bits per heavy atom. The molecular formula is C13H20ClN. The zero-order valence-corrected chi connectivity index (χ0v) is 10.4. The lowest BCUT2D eigenvalue weighted by Crippen LogP contribution is -2.06. The molecule has 0 fully saturated rings. The highest BCUT2D eigenvalue weighted by molar-refractivity contribution is 6.20. The maximum atomic E-state index is 6.28. The number of rotatable bonds is 6. The topological polar surface area (TPSA) is 12.9 Å². The van der Waals surface area contributed by atoms with Gasteiger partial charge < -0.3 is 0 Å². The van der Waals surface area contributed by atoms with Gasteiger partial charge in [0.05, 0.1) is 0 Å². The number of nitrogens with zero attached hydrogens (tertiary/aromatic N) is 1. The Hall–Kier alpha value is -0.560. The summed E-state index contributed by atoms with van der Waals surface area (Å²) < 4.78 is 0. The van der Waals surface area contributed by atoms with Crippen LogP contribution in [0.3, 0.4) is 0 Å². The normalized spacial score (nSPS) is 12.7. The molecule has 1 aromatic rings. The average Bonchev–Trinajstić information content (AvgIpc) is 2.22. The molecule has 1 aromatic heterocycles. The lowest BCUT2D eigenvalue weighted by Gasteiger charge is -2.10. The van der Waals surface area contributed by atoms with E-state index in [4.69, 9.17) is 11.6 Å². The summed E-state index contributed by atoms with van der Waals surface area (Å²) in [5.41, 5.74) is 2.40. The molecule has 0 aromatic carbocycles. The van der Waals surface area contributed by atoms with Crippen LogP contribution in [0.15, 0.2) is 18.3 Å². The highest BCUT2D eigenvalue weighted by Gasteiger charge is 2.08. The second-order valence-corrected chi connectivity index (χ2v) is 4.68. The summed E-state index contributed by atoms with van der Waals surface area (Å²) in [7, 11) is 0. The largest absolute Gasteiger partial charge is 0.261 e. The van der Waals surface area contributed by atoms with Gasteiger partial charge in [-0.25, -0.2) is 0 Å². The zero-order chi connectivity index (χ0) is 11.1. The number of halogens is 1. The Kier molecular flexibility index (Phi) is 5.70. The van der Waals surface area contributed by atoms with Gasteiger partial charge in [-0.15, -0.1) is 11.6 Å². The molecule has 1 rings (SSSR count). The molecule has 0 saturated heterocycles. The Morgan fingerprint density at radius 1 is 1.40 bits per heavy atom. The van der Waals surface area contributed by atoms with Crippen molar-refractivity contribution in [1.29, 1.82) is 0 Å². The number of pyridine rings is 1. The minimum atomic E-state index is 0.241. The third-order valence-corrected chi connectivity index (χ3v) is 3.03. The fourth-order valence-corrected chi connectivity index (χ4v) is 1.96. The van der Waals surface area contributed by atoms with E-state index in [9.17, 15) is 0 Å². The van der Waals surface area contributed by atoms with Gasteiger partial charge in [-0.3, -0.25) is 4.98 Å². The van der Waals surface area contributed by atoms with E-state index < -0.39 is 0 Å². The molecule has 2 heteroatoms. The van der Waals surface area contributed by atoms with Crippen LogP contribution in [0.1, 0.15) is 43.9 Å². The van der Waals surface area contributed by atoms with Gasteiger partial charge in [0.15, 0.2) is 0 Å². The van der Waals surface area contributed by atoms with Crippen LogP contribution < -0.4 is 0 Å². The second-order valence-electron chi connectivity index (χ2n) is 4.06. The first-order valence-corrected chi connectivity index (χ1v) is 6.22. The molecule has 0 saturated carbocycles. The molecule has 0 aliphatic heterocycles. The van der Waals surface area contributed by atoms with Gasteiger partial charge in [0.25, 0.3) is 0 Å². The molecule has 0 spiro atoms. The second kappa shape index (κ2) is 6.84. The first-order valence-electron chi connectivity index (χ1n) is 5.78. The molecule has 15 heavy (non-hydrogen) atoms. The van der Waals surface area contributed by atoms with Gasteiger partial charge in [0.1, 0.15) is 0 Å². The fraction of sp³-hybridized carbons (Fsp3) is 0.615. The van der Waals surface area contributed by atoms with Crippen LogP contribution in [0.4, 0.5) is 0 Å². The number of alkyl halides is 1. The van der Waals surface area contributed by atoms with Gasteiger partial charge in [-0.2, -0.15) is 0 Å². The van der Waals surface area contributed by atoms with Gasteiger partial charge in [-0.1, -0.05) is 32.3 Å². The lowest BCUT2D eigenvalue weighted by atomic mass is 10.1. The van der Waals surface area contributed by atoms with E-state index in [2.05, 4.69) is 24.9 Å². The van der Waals surface area contributed by atoms with Gasteiger partial charge in [0, 0.05) is 23.7 Å².